The van der Waals surface area contributed by atoms with Crippen molar-refractivity contribution in [3.05, 3.63) is 35.5 Å². The zero-order valence-corrected chi connectivity index (χ0v) is 17.2. The number of piperazine rings is 1. The fourth-order valence-electron chi connectivity index (χ4n) is 4.92. The van der Waals surface area contributed by atoms with Crippen LogP contribution in [0.15, 0.2) is 24.3 Å². The monoisotopic (exact) mass is 404 g/mol. The number of para-hydroxylation sites is 1. The maximum atomic E-state index is 13.1. The first kappa shape index (κ1) is 18.6. The maximum Gasteiger partial charge on any atom is 0.282 e. The summed E-state index contributed by atoms with van der Waals surface area (Å²) in [5.41, 5.74) is 3.26. The van der Waals surface area contributed by atoms with Gasteiger partial charge in [0.05, 0.1) is 12.3 Å². The summed E-state index contributed by atoms with van der Waals surface area (Å²) in [6, 6.07) is 8.39. The van der Waals surface area contributed by atoms with E-state index in [2.05, 4.69) is 28.1 Å². The average Bonchev–Trinajstić information content (AvgIpc) is 3.09. The molecule has 7 nitrogen and oxygen atoms in total. The standard InChI is InChI=1S/C20H28N4O3S/c1-22-11-13-24(14-12-22)28(25,26)23-9-7-20(8-10-23)19-17(6-15-27-20)16-4-2-3-5-18(16)21-19/h2-5,21H,6-15H2,1H3. The number of hydrogen-bond donors (Lipinski definition) is 1. The van der Waals surface area contributed by atoms with Crippen LogP contribution in [-0.4, -0.2) is 79.8 Å². The van der Waals surface area contributed by atoms with E-state index in [1.807, 2.05) is 13.1 Å². The molecule has 0 aliphatic carbocycles. The second-order valence-corrected chi connectivity index (χ2v) is 10.2. The Balaban J connectivity index is 1.38. The fourth-order valence-corrected chi connectivity index (χ4v) is 6.52. The van der Waals surface area contributed by atoms with E-state index in [4.69, 9.17) is 4.74 Å². The molecule has 0 bridgehead atoms. The summed E-state index contributed by atoms with van der Waals surface area (Å²) in [6.07, 6.45) is 2.30. The normalized spacial score (nSPS) is 24.6. The molecule has 2 aromatic rings. The average molecular weight is 405 g/mol. The molecule has 0 unspecified atom stereocenters. The number of H-pyrrole nitrogens is 1. The molecule has 1 spiro atoms. The number of nitrogens with zero attached hydrogens (tertiary/aromatic N) is 3. The first-order chi connectivity index (χ1) is 13.5. The highest BCUT2D eigenvalue weighted by atomic mass is 32.2. The first-order valence-corrected chi connectivity index (χ1v) is 11.6. The molecule has 152 valence electrons. The lowest BCUT2D eigenvalue weighted by atomic mass is 9.84. The largest absolute Gasteiger partial charge is 0.368 e. The van der Waals surface area contributed by atoms with Gasteiger partial charge in [-0.15, -0.1) is 0 Å². The van der Waals surface area contributed by atoms with Crippen molar-refractivity contribution >= 4 is 21.1 Å². The third-order valence-corrected chi connectivity index (χ3v) is 8.68. The number of piperidine rings is 1. The molecule has 0 amide bonds. The van der Waals surface area contributed by atoms with Gasteiger partial charge in [0.1, 0.15) is 5.60 Å². The van der Waals surface area contributed by atoms with Crippen molar-refractivity contribution in [1.82, 2.24) is 18.5 Å². The van der Waals surface area contributed by atoms with E-state index >= 15 is 0 Å². The van der Waals surface area contributed by atoms with E-state index < -0.39 is 10.2 Å². The van der Waals surface area contributed by atoms with Gasteiger partial charge in [0.2, 0.25) is 0 Å². The molecule has 1 aromatic heterocycles. The predicted molar refractivity (Wildman–Crippen MR) is 108 cm³/mol. The minimum absolute atomic E-state index is 0.388. The van der Waals surface area contributed by atoms with Crippen molar-refractivity contribution in [2.24, 2.45) is 0 Å². The minimum Gasteiger partial charge on any atom is -0.368 e. The number of nitrogens with one attached hydrogen (secondary N) is 1. The highest BCUT2D eigenvalue weighted by Crippen LogP contribution is 2.43. The van der Waals surface area contributed by atoms with Crippen molar-refractivity contribution in [2.45, 2.75) is 24.9 Å². The molecule has 1 aromatic carbocycles. The number of rotatable bonds is 2. The van der Waals surface area contributed by atoms with Crippen LogP contribution >= 0.6 is 0 Å². The summed E-state index contributed by atoms with van der Waals surface area (Å²) in [6.45, 7) is 4.43. The van der Waals surface area contributed by atoms with Gasteiger partial charge in [-0.25, -0.2) is 0 Å². The highest BCUT2D eigenvalue weighted by Gasteiger charge is 2.45. The van der Waals surface area contributed by atoms with E-state index in [-0.39, 0.29) is 5.60 Å². The summed E-state index contributed by atoms with van der Waals surface area (Å²) < 4.78 is 35.8. The summed E-state index contributed by atoms with van der Waals surface area (Å²) in [5, 5.41) is 1.27. The smallest absolute Gasteiger partial charge is 0.282 e. The number of benzene rings is 1. The number of aromatic nitrogens is 1. The van der Waals surface area contributed by atoms with E-state index in [1.165, 1.54) is 10.9 Å². The molecule has 3 aliphatic heterocycles. The second kappa shape index (κ2) is 6.81. The Hall–Kier alpha value is -1.45. The van der Waals surface area contributed by atoms with Gasteiger partial charge in [-0.1, -0.05) is 18.2 Å². The number of ether oxygens (including phenoxy) is 1. The van der Waals surface area contributed by atoms with Crippen molar-refractivity contribution in [1.29, 1.82) is 0 Å². The molecule has 28 heavy (non-hydrogen) atoms. The summed E-state index contributed by atoms with van der Waals surface area (Å²) in [5.74, 6) is 0. The molecule has 1 N–H and O–H groups in total. The predicted octanol–water partition coefficient (Wildman–Crippen LogP) is 1.52. The van der Waals surface area contributed by atoms with Crippen LogP contribution in [0.5, 0.6) is 0 Å². The Bertz CT molecular complexity index is 970. The van der Waals surface area contributed by atoms with Crippen LogP contribution in [0, 0.1) is 0 Å². The van der Waals surface area contributed by atoms with Gasteiger partial charge in [-0.2, -0.15) is 17.0 Å². The molecule has 3 aliphatic rings. The Labute approximate surface area is 166 Å². The number of fused-ring (bicyclic) bond motifs is 4. The van der Waals surface area contributed by atoms with E-state index in [1.54, 1.807) is 8.61 Å². The molecule has 8 heteroatoms. The van der Waals surface area contributed by atoms with Crippen molar-refractivity contribution in [2.75, 3.05) is 52.9 Å². The third-order valence-electron chi connectivity index (χ3n) is 6.64. The molecular weight excluding hydrogens is 376 g/mol. The van der Waals surface area contributed by atoms with Crippen LogP contribution in [0.25, 0.3) is 10.9 Å². The maximum absolute atomic E-state index is 13.1. The third kappa shape index (κ3) is 2.90. The number of aromatic amines is 1. The van der Waals surface area contributed by atoms with Crippen LogP contribution in [0.2, 0.25) is 0 Å². The Morgan fingerprint density at radius 3 is 2.43 bits per heavy atom. The molecule has 5 rings (SSSR count). The van der Waals surface area contributed by atoms with Gasteiger partial charge >= 0.3 is 0 Å². The number of hydrogen-bond acceptors (Lipinski definition) is 4. The lowest BCUT2D eigenvalue weighted by Gasteiger charge is -2.44. The van der Waals surface area contributed by atoms with Gasteiger partial charge in [0.15, 0.2) is 0 Å². The van der Waals surface area contributed by atoms with Gasteiger partial charge in [-0.05, 0) is 37.9 Å². The van der Waals surface area contributed by atoms with E-state index in [0.717, 1.165) is 30.7 Å². The van der Waals surface area contributed by atoms with Crippen LogP contribution in [0.1, 0.15) is 24.1 Å². The summed E-state index contributed by atoms with van der Waals surface area (Å²) in [4.78, 5) is 5.76. The summed E-state index contributed by atoms with van der Waals surface area (Å²) >= 11 is 0. The van der Waals surface area contributed by atoms with Crippen LogP contribution < -0.4 is 0 Å². The zero-order chi connectivity index (χ0) is 19.4. The van der Waals surface area contributed by atoms with Gasteiger partial charge in [0.25, 0.3) is 10.2 Å². The van der Waals surface area contributed by atoms with Crippen molar-refractivity contribution < 1.29 is 13.2 Å². The number of likely N-dealkylation sites (N-methyl/N-ethyl adjacent to an activating group) is 1. The van der Waals surface area contributed by atoms with Crippen molar-refractivity contribution in [3.63, 3.8) is 0 Å². The fraction of sp³-hybridized carbons (Fsp3) is 0.600. The quantitative estimate of drug-likeness (QED) is 0.824. The Kier molecular flexibility index (Phi) is 4.52. The zero-order valence-electron chi connectivity index (χ0n) is 16.4. The lowest BCUT2D eigenvalue weighted by molar-refractivity contribution is -0.0919. The summed E-state index contributed by atoms with van der Waals surface area (Å²) in [7, 11) is -1.36. The Morgan fingerprint density at radius 2 is 1.68 bits per heavy atom. The van der Waals surface area contributed by atoms with E-state index in [0.29, 0.717) is 45.6 Å². The first-order valence-electron chi connectivity index (χ1n) is 10.2. The van der Waals surface area contributed by atoms with Gasteiger partial charge < -0.3 is 14.6 Å². The van der Waals surface area contributed by atoms with E-state index in [9.17, 15) is 8.42 Å². The molecule has 2 fully saturated rings. The second-order valence-electron chi connectivity index (χ2n) is 8.23. The van der Waals surface area contributed by atoms with Crippen molar-refractivity contribution in [3.8, 4) is 0 Å². The Morgan fingerprint density at radius 1 is 1.00 bits per heavy atom. The topological polar surface area (TPSA) is 68.9 Å². The van der Waals surface area contributed by atoms with Crippen LogP contribution in [-0.2, 0) is 27.0 Å². The SMILES string of the molecule is CN1CCN(S(=O)(=O)N2CCC3(CC2)OCCc2c3[nH]c3ccccc23)CC1. The van der Waals surface area contributed by atoms with Crippen LogP contribution in [0.4, 0.5) is 0 Å². The minimum atomic E-state index is -3.39. The van der Waals surface area contributed by atoms with Gasteiger partial charge in [0, 0.05) is 50.2 Å². The van der Waals surface area contributed by atoms with Gasteiger partial charge in [-0.3, -0.25) is 0 Å². The highest BCUT2D eigenvalue weighted by molar-refractivity contribution is 7.86. The molecular formula is C20H28N4O3S. The van der Waals surface area contributed by atoms with Crippen LogP contribution in [0.3, 0.4) is 0 Å². The lowest BCUT2D eigenvalue weighted by Crippen LogP contribution is -2.55. The molecule has 0 radical (unpaired) electrons. The molecule has 0 saturated carbocycles. The molecule has 4 heterocycles. The molecule has 2 saturated heterocycles. The molecule has 0 atom stereocenters.